The lowest BCUT2D eigenvalue weighted by Gasteiger charge is -2.20. The first-order chi connectivity index (χ1) is 5.45. The zero-order chi connectivity index (χ0) is 8.98. The van der Waals surface area contributed by atoms with Crippen LogP contribution in [0.3, 0.4) is 0 Å². The minimum absolute atomic E-state index is 0.104. The molecule has 3 nitrogen and oxygen atoms in total. The first kappa shape index (κ1) is 7.77. The predicted octanol–water partition coefficient (Wildman–Crippen LogP) is 2.01. The Labute approximate surface area is 71.6 Å². The molecular formula is C9H13NO2. The Balaban J connectivity index is 2.35. The van der Waals surface area contributed by atoms with Crippen LogP contribution in [0, 0.1) is 20.9 Å². The first-order valence-electron chi connectivity index (χ1n) is 4.29. The minimum Gasteiger partial charge on any atom is -0.264 e. The van der Waals surface area contributed by atoms with Gasteiger partial charge in [0.1, 0.15) is 0 Å². The lowest BCUT2D eigenvalue weighted by Crippen LogP contribution is -2.32. The SMILES string of the molecule is CC12C=CC(C)(C1)C([N+](=O)[O-])C2. The second-order valence-corrected chi connectivity index (χ2v) is 4.68. The highest BCUT2D eigenvalue weighted by atomic mass is 16.6. The zero-order valence-electron chi connectivity index (χ0n) is 7.41. The van der Waals surface area contributed by atoms with E-state index in [-0.39, 0.29) is 21.8 Å². The van der Waals surface area contributed by atoms with Crippen LogP contribution in [-0.4, -0.2) is 11.0 Å². The molecule has 3 atom stereocenters. The summed E-state index contributed by atoms with van der Waals surface area (Å²) in [5.41, 5.74) is -0.0647. The fourth-order valence-corrected chi connectivity index (χ4v) is 2.74. The number of fused-ring (bicyclic) bond motifs is 2. The largest absolute Gasteiger partial charge is 0.264 e. The van der Waals surface area contributed by atoms with E-state index in [1.54, 1.807) is 0 Å². The summed E-state index contributed by atoms with van der Waals surface area (Å²) < 4.78 is 0. The van der Waals surface area contributed by atoms with Crippen molar-refractivity contribution in [1.82, 2.24) is 0 Å². The van der Waals surface area contributed by atoms with Gasteiger partial charge in [-0.3, -0.25) is 10.1 Å². The summed E-state index contributed by atoms with van der Waals surface area (Å²) in [5.74, 6) is 0. The summed E-state index contributed by atoms with van der Waals surface area (Å²) in [6.45, 7) is 4.10. The van der Waals surface area contributed by atoms with Crippen LogP contribution in [0.25, 0.3) is 0 Å². The third-order valence-corrected chi connectivity index (χ3v) is 3.33. The van der Waals surface area contributed by atoms with Crippen LogP contribution in [0.15, 0.2) is 12.2 Å². The molecule has 1 saturated carbocycles. The average Bonchev–Trinajstić information content (AvgIpc) is 2.36. The molecule has 0 aromatic carbocycles. The molecule has 0 radical (unpaired) electrons. The van der Waals surface area contributed by atoms with Crippen LogP contribution in [0.2, 0.25) is 0 Å². The average molecular weight is 167 g/mol. The standard InChI is InChI=1S/C9H13NO2/c1-8-3-4-9(2,6-8)7(5-8)10(11)12/h3-4,7H,5-6H2,1-2H3. The number of hydrogen-bond donors (Lipinski definition) is 0. The van der Waals surface area contributed by atoms with Crippen molar-refractivity contribution in [2.24, 2.45) is 10.8 Å². The van der Waals surface area contributed by atoms with Crippen molar-refractivity contribution in [3.8, 4) is 0 Å². The molecule has 2 bridgehead atoms. The Morgan fingerprint density at radius 1 is 1.50 bits per heavy atom. The highest BCUT2D eigenvalue weighted by Gasteiger charge is 2.57. The van der Waals surface area contributed by atoms with Crippen LogP contribution >= 0.6 is 0 Å². The molecule has 0 saturated heterocycles. The molecule has 0 aromatic heterocycles. The second-order valence-electron chi connectivity index (χ2n) is 4.68. The molecule has 2 rings (SSSR count). The van der Waals surface area contributed by atoms with Crippen molar-refractivity contribution in [3.63, 3.8) is 0 Å². The Kier molecular flexibility index (Phi) is 1.23. The Hall–Kier alpha value is -0.860. The number of rotatable bonds is 1. The van der Waals surface area contributed by atoms with Crippen molar-refractivity contribution in [2.75, 3.05) is 0 Å². The molecule has 3 heteroatoms. The molecule has 2 aliphatic rings. The quantitative estimate of drug-likeness (QED) is 0.340. The van der Waals surface area contributed by atoms with Crippen molar-refractivity contribution in [3.05, 3.63) is 22.3 Å². The van der Waals surface area contributed by atoms with E-state index in [0.717, 1.165) is 6.42 Å². The highest BCUT2D eigenvalue weighted by Crippen LogP contribution is 2.57. The van der Waals surface area contributed by atoms with Gasteiger partial charge in [-0.25, -0.2) is 0 Å². The van der Waals surface area contributed by atoms with Crippen molar-refractivity contribution < 1.29 is 4.92 Å². The van der Waals surface area contributed by atoms with E-state index in [2.05, 4.69) is 13.0 Å². The number of nitrogens with zero attached hydrogens (tertiary/aromatic N) is 1. The van der Waals surface area contributed by atoms with Crippen LogP contribution in [0.4, 0.5) is 0 Å². The summed E-state index contributed by atoms with van der Waals surface area (Å²) in [5, 5.41) is 10.7. The zero-order valence-corrected chi connectivity index (χ0v) is 7.41. The molecule has 66 valence electrons. The third kappa shape index (κ3) is 0.822. The molecule has 12 heavy (non-hydrogen) atoms. The van der Waals surface area contributed by atoms with Gasteiger partial charge in [0.05, 0.1) is 5.41 Å². The highest BCUT2D eigenvalue weighted by molar-refractivity contribution is 5.23. The first-order valence-corrected chi connectivity index (χ1v) is 4.29. The van der Waals surface area contributed by atoms with E-state index < -0.39 is 0 Å². The predicted molar refractivity (Wildman–Crippen MR) is 45.4 cm³/mol. The van der Waals surface area contributed by atoms with E-state index >= 15 is 0 Å². The molecule has 0 aromatic rings. The number of allylic oxidation sites excluding steroid dienone is 1. The summed E-state index contributed by atoms with van der Waals surface area (Å²) in [6.07, 6.45) is 5.84. The molecule has 0 amide bonds. The molecule has 0 heterocycles. The van der Waals surface area contributed by atoms with Gasteiger partial charge in [-0.2, -0.15) is 0 Å². The number of nitro groups is 1. The fourth-order valence-electron chi connectivity index (χ4n) is 2.74. The smallest absolute Gasteiger partial charge is 0.222 e. The van der Waals surface area contributed by atoms with E-state index in [0.29, 0.717) is 6.42 Å². The maximum atomic E-state index is 10.7. The summed E-state index contributed by atoms with van der Waals surface area (Å²) >= 11 is 0. The van der Waals surface area contributed by atoms with Crippen LogP contribution in [0.5, 0.6) is 0 Å². The number of hydrogen-bond acceptors (Lipinski definition) is 2. The van der Waals surface area contributed by atoms with Gasteiger partial charge in [-0.05, 0) is 18.8 Å². The van der Waals surface area contributed by atoms with Gasteiger partial charge in [0.15, 0.2) is 0 Å². The molecular weight excluding hydrogens is 154 g/mol. The van der Waals surface area contributed by atoms with Gasteiger partial charge >= 0.3 is 0 Å². The van der Waals surface area contributed by atoms with Gasteiger partial charge in [-0.1, -0.05) is 19.1 Å². The molecule has 1 fully saturated rings. The van der Waals surface area contributed by atoms with Crippen molar-refractivity contribution in [2.45, 2.75) is 32.7 Å². The Bertz CT molecular complexity index is 274. The lowest BCUT2D eigenvalue weighted by molar-refractivity contribution is -0.535. The Morgan fingerprint density at radius 2 is 2.17 bits per heavy atom. The van der Waals surface area contributed by atoms with Gasteiger partial charge in [0, 0.05) is 11.3 Å². The third-order valence-electron chi connectivity index (χ3n) is 3.33. The van der Waals surface area contributed by atoms with Crippen molar-refractivity contribution >= 4 is 0 Å². The lowest BCUT2D eigenvalue weighted by atomic mass is 9.86. The van der Waals surface area contributed by atoms with E-state index in [9.17, 15) is 10.1 Å². The van der Waals surface area contributed by atoms with Gasteiger partial charge < -0.3 is 0 Å². The summed E-state index contributed by atoms with van der Waals surface area (Å²) in [6, 6.07) is -0.354. The normalized spacial score (nSPS) is 50.0. The van der Waals surface area contributed by atoms with E-state index in [1.807, 2.05) is 13.0 Å². The molecule has 0 N–H and O–H groups in total. The Morgan fingerprint density at radius 3 is 2.42 bits per heavy atom. The van der Waals surface area contributed by atoms with Crippen molar-refractivity contribution in [1.29, 1.82) is 0 Å². The summed E-state index contributed by atoms with van der Waals surface area (Å²) in [7, 11) is 0. The fraction of sp³-hybridized carbons (Fsp3) is 0.778. The van der Waals surface area contributed by atoms with Crippen LogP contribution in [0.1, 0.15) is 26.7 Å². The topological polar surface area (TPSA) is 43.1 Å². The molecule has 0 spiro atoms. The van der Waals surface area contributed by atoms with Crippen LogP contribution < -0.4 is 0 Å². The van der Waals surface area contributed by atoms with Gasteiger partial charge in [0.2, 0.25) is 6.04 Å². The molecule has 3 unspecified atom stereocenters. The molecule has 2 aliphatic carbocycles. The maximum Gasteiger partial charge on any atom is 0.222 e. The van der Waals surface area contributed by atoms with E-state index in [1.165, 1.54) is 0 Å². The maximum absolute atomic E-state index is 10.7. The van der Waals surface area contributed by atoms with Crippen LogP contribution in [-0.2, 0) is 0 Å². The van der Waals surface area contributed by atoms with E-state index in [4.69, 9.17) is 0 Å². The summed E-state index contributed by atoms with van der Waals surface area (Å²) in [4.78, 5) is 10.6. The monoisotopic (exact) mass is 167 g/mol. The second kappa shape index (κ2) is 1.90. The minimum atomic E-state index is -0.354. The van der Waals surface area contributed by atoms with Gasteiger partial charge in [0.25, 0.3) is 0 Å². The molecule has 0 aliphatic heterocycles. The van der Waals surface area contributed by atoms with Gasteiger partial charge in [-0.15, -0.1) is 0 Å².